The summed E-state index contributed by atoms with van der Waals surface area (Å²) < 4.78 is 0. The van der Waals surface area contributed by atoms with E-state index in [0.29, 0.717) is 4.83 Å². The van der Waals surface area contributed by atoms with Gasteiger partial charge in [-0.1, -0.05) is 29.3 Å². The maximum absolute atomic E-state index is 5.60. The van der Waals surface area contributed by atoms with E-state index in [1.165, 1.54) is 6.42 Å². The van der Waals surface area contributed by atoms with Gasteiger partial charge in [0.25, 0.3) is 0 Å². The second-order valence-corrected chi connectivity index (χ2v) is 3.85. The fourth-order valence-electron chi connectivity index (χ4n) is 1.12. The number of halogens is 1. The predicted octanol–water partition coefficient (Wildman–Crippen LogP) is 1.54. The summed E-state index contributed by atoms with van der Waals surface area (Å²) in [5.41, 5.74) is 5.60. The fraction of sp³-hybridized carbons (Fsp3) is 0.857. The quantitative estimate of drug-likeness (QED) is 0.648. The molecule has 1 aliphatic rings. The minimum atomic E-state index is 0.325. The zero-order valence-corrected chi connectivity index (χ0v) is 7.76. The number of nitrogens with two attached hydrogens (primary N) is 1. The minimum Gasteiger partial charge on any atom is -0.387 e. The van der Waals surface area contributed by atoms with Crippen molar-refractivity contribution in [3.8, 4) is 0 Å². The number of rotatable bonds is 1. The first-order valence-electron chi connectivity index (χ1n) is 3.68. The molecule has 0 aromatic heterocycles. The predicted molar refractivity (Wildman–Crippen MR) is 47.6 cm³/mol. The summed E-state index contributed by atoms with van der Waals surface area (Å²) in [6.07, 6.45) is 2.35. The van der Waals surface area contributed by atoms with E-state index in [-0.39, 0.29) is 0 Å². The van der Waals surface area contributed by atoms with Crippen LogP contribution in [0.15, 0.2) is 4.99 Å². The Morgan fingerprint density at radius 2 is 2.50 bits per heavy atom. The summed E-state index contributed by atoms with van der Waals surface area (Å²) >= 11 is 3.48. The van der Waals surface area contributed by atoms with Crippen molar-refractivity contribution >= 4 is 21.8 Å². The molecule has 2 unspecified atom stereocenters. The highest BCUT2D eigenvalue weighted by atomic mass is 79.9. The molecule has 0 spiro atoms. The van der Waals surface area contributed by atoms with E-state index in [2.05, 4.69) is 27.8 Å². The molecule has 0 aromatic rings. The molecule has 2 atom stereocenters. The topological polar surface area (TPSA) is 38.4 Å². The first-order valence-corrected chi connectivity index (χ1v) is 4.59. The SMILES string of the molecule is CCC1CN=C(N)C(Br)C1. The van der Waals surface area contributed by atoms with Gasteiger partial charge in [0.15, 0.2) is 0 Å². The maximum atomic E-state index is 5.60. The monoisotopic (exact) mass is 204 g/mol. The molecule has 0 fully saturated rings. The molecule has 0 saturated heterocycles. The number of amidine groups is 1. The zero-order valence-electron chi connectivity index (χ0n) is 6.18. The van der Waals surface area contributed by atoms with E-state index in [9.17, 15) is 0 Å². The Morgan fingerprint density at radius 3 is 3.00 bits per heavy atom. The highest BCUT2D eigenvalue weighted by molar-refractivity contribution is 9.10. The van der Waals surface area contributed by atoms with Crippen LogP contribution in [-0.2, 0) is 0 Å². The van der Waals surface area contributed by atoms with Crippen LogP contribution in [0.4, 0.5) is 0 Å². The first-order chi connectivity index (χ1) is 4.74. The summed E-state index contributed by atoms with van der Waals surface area (Å²) in [4.78, 5) is 4.54. The van der Waals surface area contributed by atoms with E-state index < -0.39 is 0 Å². The molecule has 0 amide bonds. The van der Waals surface area contributed by atoms with E-state index in [1.54, 1.807) is 0 Å². The van der Waals surface area contributed by atoms with E-state index in [1.807, 2.05) is 0 Å². The third-order valence-corrected chi connectivity index (χ3v) is 2.81. The summed E-state index contributed by atoms with van der Waals surface area (Å²) in [5, 5.41) is 0. The highest BCUT2D eigenvalue weighted by Gasteiger charge is 2.19. The summed E-state index contributed by atoms with van der Waals surface area (Å²) in [5.74, 6) is 1.50. The zero-order chi connectivity index (χ0) is 7.56. The Bertz CT molecular complexity index is 145. The number of nitrogens with zero attached hydrogens (tertiary/aromatic N) is 1. The Kier molecular flexibility index (Phi) is 2.72. The lowest BCUT2D eigenvalue weighted by atomic mass is 9.98. The van der Waals surface area contributed by atoms with Crippen LogP contribution in [0.25, 0.3) is 0 Å². The van der Waals surface area contributed by atoms with Gasteiger partial charge in [-0.2, -0.15) is 0 Å². The van der Waals surface area contributed by atoms with Gasteiger partial charge in [-0.05, 0) is 12.3 Å². The van der Waals surface area contributed by atoms with Crippen LogP contribution in [0.1, 0.15) is 19.8 Å². The molecule has 58 valence electrons. The van der Waals surface area contributed by atoms with Gasteiger partial charge in [-0.25, -0.2) is 0 Å². The van der Waals surface area contributed by atoms with Crippen LogP contribution in [-0.4, -0.2) is 17.2 Å². The van der Waals surface area contributed by atoms with Crippen molar-refractivity contribution in [1.29, 1.82) is 0 Å². The molecular weight excluding hydrogens is 192 g/mol. The molecule has 2 nitrogen and oxygen atoms in total. The average Bonchev–Trinajstić information content (AvgIpc) is 1.95. The van der Waals surface area contributed by atoms with E-state index >= 15 is 0 Å². The molecule has 0 radical (unpaired) electrons. The van der Waals surface area contributed by atoms with Gasteiger partial charge in [0.2, 0.25) is 0 Å². The third-order valence-electron chi connectivity index (χ3n) is 1.97. The van der Waals surface area contributed by atoms with Crippen molar-refractivity contribution in [3.05, 3.63) is 0 Å². The molecule has 0 bridgehead atoms. The molecule has 10 heavy (non-hydrogen) atoms. The molecule has 0 saturated carbocycles. The fourth-order valence-corrected chi connectivity index (χ4v) is 1.79. The molecule has 1 rings (SSSR count). The van der Waals surface area contributed by atoms with Crippen molar-refractivity contribution in [2.45, 2.75) is 24.6 Å². The molecule has 3 heteroatoms. The first kappa shape index (κ1) is 8.05. The van der Waals surface area contributed by atoms with Crippen LogP contribution in [0.3, 0.4) is 0 Å². The van der Waals surface area contributed by atoms with Crippen LogP contribution in [0.5, 0.6) is 0 Å². The van der Waals surface area contributed by atoms with Gasteiger partial charge in [0, 0.05) is 6.54 Å². The summed E-state index contributed by atoms with van der Waals surface area (Å²) in [6.45, 7) is 3.12. The maximum Gasteiger partial charge on any atom is 0.108 e. The van der Waals surface area contributed by atoms with E-state index in [4.69, 9.17) is 5.73 Å². The summed E-state index contributed by atoms with van der Waals surface area (Å²) in [6, 6.07) is 0. The lowest BCUT2D eigenvalue weighted by molar-refractivity contribution is 0.482. The molecule has 1 aliphatic heterocycles. The highest BCUT2D eigenvalue weighted by Crippen LogP contribution is 2.21. The van der Waals surface area contributed by atoms with Gasteiger partial charge in [-0.15, -0.1) is 0 Å². The van der Waals surface area contributed by atoms with E-state index in [0.717, 1.165) is 24.7 Å². The van der Waals surface area contributed by atoms with Gasteiger partial charge < -0.3 is 5.73 Å². The van der Waals surface area contributed by atoms with Crippen molar-refractivity contribution in [2.75, 3.05) is 6.54 Å². The Hall–Kier alpha value is -0.0500. The van der Waals surface area contributed by atoms with Crippen molar-refractivity contribution in [3.63, 3.8) is 0 Å². The van der Waals surface area contributed by atoms with Gasteiger partial charge in [-0.3, -0.25) is 4.99 Å². The smallest absolute Gasteiger partial charge is 0.108 e. The number of aliphatic imine (C=N–C) groups is 1. The van der Waals surface area contributed by atoms with Gasteiger partial charge >= 0.3 is 0 Å². The molecule has 0 aromatic carbocycles. The van der Waals surface area contributed by atoms with Crippen LogP contribution in [0, 0.1) is 5.92 Å². The van der Waals surface area contributed by atoms with Crippen LogP contribution < -0.4 is 5.73 Å². The summed E-state index contributed by atoms with van der Waals surface area (Å²) in [7, 11) is 0. The molecule has 2 N–H and O–H groups in total. The third kappa shape index (κ3) is 1.72. The second-order valence-electron chi connectivity index (χ2n) is 2.74. The molecule has 0 aliphatic carbocycles. The lowest BCUT2D eigenvalue weighted by Crippen LogP contribution is -2.31. The van der Waals surface area contributed by atoms with Crippen molar-refractivity contribution in [2.24, 2.45) is 16.6 Å². The average molecular weight is 205 g/mol. The lowest BCUT2D eigenvalue weighted by Gasteiger charge is -2.21. The normalized spacial score (nSPS) is 33.6. The minimum absolute atomic E-state index is 0.325. The number of alkyl halides is 1. The van der Waals surface area contributed by atoms with Crippen LogP contribution in [0.2, 0.25) is 0 Å². The molecule has 1 heterocycles. The number of hydrogen-bond donors (Lipinski definition) is 1. The standard InChI is InChI=1S/C7H13BrN2/c1-2-5-3-6(8)7(9)10-4-5/h5-6H,2-4H2,1H3,(H2,9,10). The molecular formula is C7H13BrN2. The van der Waals surface area contributed by atoms with Gasteiger partial charge in [0.05, 0.1) is 4.83 Å². The largest absolute Gasteiger partial charge is 0.387 e. The Labute approximate surface area is 70.0 Å². The van der Waals surface area contributed by atoms with Gasteiger partial charge in [0.1, 0.15) is 5.84 Å². The van der Waals surface area contributed by atoms with Crippen molar-refractivity contribution in [1.82, 2.24) is 0 Å². The second kappa shape index (κ2) is 3.37. The number of hydrogen-bond acceptors (Lipinski definition) is 2. The van der Waals surface area contributed by atoms with Crippen LogP contribution >= 0.6 is 15.9 Å². The Balaban J connectivity index is 2.51. The van der Waals surface area contributed by atoms with Crippen molar-refractivity contribution < 1.29 is 0 Å². The Morgan fingerprint density at radius 1 is 1.80 bits per heavy atom.